The lowest BCUT2D eigenvalue weighted by Gasteiger charge is -2.24. The summed E-state index contributed by atoms with van der Waals surface area (Å²) in [6.45, 7) is 0.923. The van der Waals surface area contributed by atoms with Crippen molar-refractivity contribution >= 4 is 16.1 Å². The molecule has 3 rings (SSSR count). The van der Waals surface area contributed by atoms with Gasteiger partial charge in [-0.1, -0.05) is 29.8 Å². The number of rotatable bonds is 10. The van der Waals surface area contributed by atoms with Crippen LogP contribution in [0.4, 0.5) is 18.0 Å². The summed E-state index contributed by atoms with van der Waals surface area (Å²) < 4.78 is 66.9. The molecule has 37 heavy (non-hydrogen) atoms. The molecule has 0 bridgehead atoms. The molecule has 0 atom stereocenters. The van der Waals surface area contributed by atoms with Crippen molar-refractivity contribution in [3.05, 3.63) is 76.0 Å². The third-order valence-corrected chi connectivity index (χ3v) is 6.95. The van der Waals surface area contributed by atoms with Crippen LogP contribution in [0.5, 0.6) is 0 Å². The Hall–Kier alpha value is -4.14. The van der Waals surface area contributed by atoms with Crippen molar-refractivity contribution in [3.63, 3.8) is 0 Å². The van der Waals surface area contributed by atoms with Crippen molar-refractivity contribution in [2.24, 2.45) is 0 Å². The van der Waals surface area contributed by atoms with Crippen molar-refractivity contribution in [1.82, 2.24) is 14.1 Å². The molecule has 0 aliphatic heterocycles. The number of nitrogens with zero attached hydrogens (tertiary/aromatic N) is 4. The van der Waals surface area contributed by atoms with Crippen LogP contribution >= 0.6 is 0 Å². The molecule has 3 aromatic rings. The number of carboxylic acid groups (broad SMARTS) is 1. The number of alkyl halides is 3. The van der Waals surface area contributed by atoms with E-state index in [0.29, 0.717) is 5.56 Å². The van der Waals surface area contributed by atoms with Crippen molar-refractivity contribution in [2.75, 3.05) is 13.2 Å². The predicted molar refractivity (Wildman–Crippen MR) is 120 cm³/mol. The summed E-state index contributed by atoms with van der Waals surface area (Å²) in [7, 11) is -4.60. The summed E-state index contributed by atoms with van der Waals surface area (Å²) in [4.78, 5) is 25.3. The topological polar surface area (TPSA) is 148 Å². The van der Waals surface area contributed by atoms with Gasteiger partial charge in [-0.25, -0.2) is 13.1 Å². The van der Waals surface area contributed by atoms with Crippen molar-refractivity contribution in [3.8, 4) is 16.9 Å². The third-order valence-electron chi connectivity index (χ3n) is 5.17. The lowest BCUT2D eigenvalue weighted by atomic mass is 10.1. The average Bonchev–Trinajstić information content (AvgIpc) is 3.27. The maximum atomic E-state index is 13.4. The van der Waals surface area contributed by atoms with Gasteiger partial charge in [0.2, 0.25) is 0 Å². The predicted octanol–water partition coefficient (Wildman–Crippen LogP) is 3.19. The molecule has 1 amide bonds. The number of aromatic nitrogens is 2. The van der Waals surface area contributed by atoms with Gasteiger partial charge in [-0.3, -0.25) is 4.31 Å². The molecule has 1 heterocycles. The molecular weight excluding hydrogens is 521 g/mol. The fraction of sp³-hybridized carbons (Fsp3) is 0.273. The maximum absolute atomic E-state index is 13.4. The van der Waals surface area contributed by atoms with Crippen LogP contribution in [0, 0.1) is 17.0 Å². The number of halogens is 3. The van der Waals surface area contributed by atoms with E-state index in [1.54, 1.807) is 24.3 Å². The molecule has 0 fully saturated rings. The number of hydrogen-bond acceptors (Lipinski definition) is 8. The van der Waals surface area contributed by atoms with E-state index < -0.39 is 44.5 Å². The Kier molecular flexibility index (Phi) is 8.06. The molecule has 0 aliphatic rings. The zero-order chi connectivity index (χ0) is 27.4. The number of aryl methyl sites for hydroxylation is 1. The summed E-state index contributed by atoms with van der Waals surface area (Å²) in [6.07, 6.45) is -6.81. The van der Waals surface area contributed by atoms with E-state index in [4.69, 9.17) is 0 Å². The lowest BCUT2D eigenvalue weighted by molar-refractivity contribution is -0.757. The zero-order valence-electron chi connectivity index (χ0n) is 19.2. The van der Waals surface area contributed by atoms with E-state index in [0.717, 1.165) is 28.4 Å². The van der Waals surface area contributed by atoms with Gasteiger partial charge >= 0.3 is 6.18 Å². The Morgan fingerprint density at radius 2 is 1.73 bits per heavy atom. The van der Waals surface area contributed by atoms with E-state index in [9.17, 15) is 41.6 Å². The Morgan fingerprint density at radius 3 is 2.27 bits per heavy atom. The van der Waals surface area contributed by atoms with Crippen molar-refractivity contribution in [1.29, 1.82) is 0 Å². The number of benzene rings is 2. The number of carbonyl (C=O) groups is 1. The highest BCUT2D eigenvalue weighted by molar-refractivity contribution is 7.89. The number of unbranched alkanes of at least 4 members (excludes halogenated alkanes) is 1. The minimum atomic E-state index is -4.73. The molecule has 0 spiro atoms. The van der Waals surface area contributed by atoms with Crippen LogP contribution in [0.15, 0.2) is 59.5 Å². The first-order chi connectivity index (χ1) is 17.3. The second-order valence-electron chi connectivity index (χ2n) is 7.79. The second-order valence-corrected chi connectivity index (χ2v) is 9.65. The maximum Gasteiger partial charge on any atom is 0.435 e. The van der Waals surface area contributed by atoms with E-state index in [2.05, 4.69) is 9.94 Å². The van der Waals surface area contributed by atoms with Gasteiger partial charge in [0.25, 0.3) is 15.1 Å². The monoisotopic (exact) mass is 541 g/mol. The Morgan fingerprint density at radius 1 is 1.11 bits per heavy atom. The zero-order valence-corrected chi connectivity index (χ0v) is 20.0. The minimum absolute atomic E-state index is 0.00183. The van der Waals surface area contributed by atoms with Gasteiger partial charge in [0.15, 0.2) is 11.8 Å². The molecule has 0 saturated heterocycles. The summed E-state index contributed by atoms with van der Waals surface area (Å²) >= 11 is 0. The summed E-state index contributed by atoms with van der Waals surface area (Å²) in [5.74, 6) is 0. The molecule has 2 aromatic carbocycles. The Labute approximate surface area is 208 Å². The SMILES string of the molecule is Cc1ccc(-c2cc(C(F)(F)F)nn2-c2ccc(S(=O)(=O)N(CCCCO[N+](=O)[O-])C(=O)[O-])cc2)cc1. The summed E-state index contributed by atoms with van der Waals surface area (Å²) in [5, 5.41) is 24.2. The average molecular weight is 541 g/mol. The molecule has 0 saturated carbocycles. The van der Waals surface area contributed by atoms with Gasteiger partial charge < -0.3 is 14.7 Å². The largest absolute Gasteiger partial charge is 0.529 e. The summed E-state index contributed by atoms with van der Waals surface area (Å²) in [5.41, 5.74) is 0.389. The van der Waals surface area contributed by atoms with Gasteiger partial charge in [0.05, 0.1) is 22.9 Å². The normalized spacial score (nSPS) is 11.8. The van der Waals surface area contributed by atoms with Gasteiger partial charge in [0, 0.05) is 12.1 Å². The lowest BCUT2D eigenvalue weighted by Crippen LogP contribution is -2.45. The molecule has 0 radical (unpaired) electrons. The molecule has 1 aromatic heterocycles. The van der Waals surface area contributed by atoms with E-state index >= 15 is 0 Å². The first kappa shape index (κ1) is 27.4. The highest BCUT2D eigenvalue weighted by atomic mass is 32.2. The first-order valence-electron chi connectivity index (χ1n) is 10.7. The molecular formula is C22H20F3N4O7S-. The van der Waals surface area contributed by atoms with Gasteiger partial charge in [-0.2, -0.15) is 18.3 Å². The number of carbonyl (C=O) groups excluding carboxylic acids is 1. The molecule has 198 valence electrons. The molecule has 0 aliphatic carbocycles. The van der Waals surface area contributed by atoms with Crippen LogP contribution in [0.1, 0.15) is 24.1 Å². The molecule has 0 N–H and O–H groups in total. The van der Waals surface area contributed by atoms with Gasteiger partial charge in [-0.05, 0) is 50.1 Å². The molecule has 0 unspecified atom stereocenters. The van der Waals surface area contributed by atoms with Crippen molar-refractivity contribution in [2.45, 2.75) is 30.8 Å². The summed E-state index contributed by atoms with van der Waals surface area (Å²) in [6, 6.07) is 12.0. The van der Waals surface area contributed by atoms with Crippen LogP contribution in [-0.2, 0) is 21.0 Å². The van der Waals surface area contributed by atoms with Crippen LogP contribution in [-0.4, -0.2) is 46.8 Å². The second kappa shape index (κ2) is 10.9. The first-order valence-corrected chi connectivity index (χ1v) is 12.1. The van der Waals surface area contributed by atoms with Crippen molar-refractivity contribution < 1.29 is 41.4 Å². The van der Waals surface area contributed by atoms with E-state index in [1.165, 1.54) is 12.1 Å². The molecule has 15 heteroatoms. The van der Waals surface area contributed by atoms with Gasteiger partial charge in [0.1, 0.15) is 0 Å². The van der Waals surface area contributed by atoms with E-state index in [1.807, 2.05) is 6.92 Å². The standard InChI is InChI=1S/C22H21F3N4O7S/c1-15-4-6-16(7-5-15)19-14-20(22(23,24)25)26-28(19)17-8-10-18(11-9-17)37(34,35)27(21(30)31)12-2-3-13-36-29(32)33/h4-11,14H,2-3,12-13H2,1H3,(H,30,31)/p-1. The quantitative estimate of drug-likeness (QED) is 0.216. The number of sulfonamides is 1. The fourth-order valence-electron chi connectivity index (χ4n) is 3.34. The number of amides is 1. The van der Waals surface area contributed by atoms with Crippen LogP contribution in [0.2, 0.25) is 0 Å². The smallest absolute Gasteiger partial charge is 0.435 e. The minimum Gasteiger partial charge on any atom is -0.529 e. The third kappa shape index (κ3) is 6.55. The number of hydrogen-bond donors (Lipinski definition) is 0. The van der Waals surface area contributed by atoms with E-state index in [-0.39, 0.29) is 35.1 Å². The highest BCUT2D eigenvalue weighted by Crippen LogP contribution is 2.33. The molecule has 11 nitrogen and oxygen atoms in total. The van der Waals surface area contributed by atoms with Gasteiger partial charge in [-0.15, -0.1) is 10.1 Å². The Bertz CT molecular complexity index is 1370. The van der Waals surface area contributed by atoms with Crippen LogP contribution in [0.3, 0.4) is 0 Å². The van der Waals surface area contributed by atoms with Crippen LogP contribution < -0.4 is 5.11 Å². The van der Waals surface area contributed by atoms with Crippen LogP contribution in [0.25, 0.3) is 16.9 Å². The fourth-order valence-corrected chi connectivity index (χ4v) is 4.64. The highest BCUT2D eigenvalue weighted by Gasteiger charge is 2.35. The Balaban J connectivity index is 1.91.